The number of aliphatic hydroxyl groups excluding tert-OH is 1. The molecule has 1 saturated heterocycles. The lowest BCUT2D eigenvalue weighted by Gasteiger charge is -2.31. The standard InChI is InChI=1S/C24H24ClN3O5/c1-15-8-10-27(11-9-15)21-6-3-17(13-22(21)28(31)32)24(30)26-20-12-16(2-5-19(20)25)23-7-4-18(14-29)33-23/h2-7,12-13,15,29H,8-11,14H2,1H3,(H,26,30). The number of nitro groups is 1. The van der Waals surface area contributed by atoms with E-state index >= 15 is 0 Å². The van der Waals surface area contributed by atoms with Gasteiger partial charge < -0.3 is 19.7 Å². The second-order valence-electron chi connectivity index (χ2n) is 8.20. The Morgan fingerprint density at radius 1 is 1.21 bits per heavy atom. The van der Waals surface area contributed by atoms with Crippen LogP contribution in [0.2, 0.25) is 5.02 Å². The van der Waals surface area contributed by atoms with E-state index in [9.17, 15) is 20.0 Å². The van der Waals surface area contributed by atoms with Gasteiger partial charge in [-0.2, -0.15) is 0 Å². The van der Waals surface area contributed by atoms with Gasteiger partial charge in [-0.25, -0.2) is 0 Å². The van der Waals surface area contributed by atoms with Gasteiger partial charge in [-0.1, -0.05) is 18.5 Å². The van der Waals surface area contributed by atoms with E-state index in [0.29, 0.717) is 39.4 Å². The summed E-state index contributed by atoms with van der Waals surface area (Å²) >= 11 is 6.27. The maximum absolute atomic E-state index is 12.9. The van der Waals surface area contributed by atoms with E-state index in [1.165, 1.54) is 6.07 Å². The summed E-state index contributed by atoms with van der Waals surface area (Å²) in [7, 11) is 0. The fourth-order valence-corrected chi connectivity index (χ4v) is 4.08. The summed E-state index contributed by atoms with van der Waals surface area (Å²) in [6.45, 7) is 3.46. The maximum Gasteiger partial charge on any atom is 0.293 e. The zero-order valence-corrected chi connectivity index (χ0v) is 18.8. The summed E-state index contributed by atoms with van der Waals surface area (Å²) in [6.07, 6.45) is 1.95. The van der Waals surface area contributed by atoms with Crippen LogP contribution in [0.5, 0.6) is 0 Å². The molecule has 8 nitrogen and oxygen atoms in total. The summed E-state index contributed by atoms with van der Waals surface area (Å²) < 4.78 is 5.54. The second kappa shape index (κ2) is 9.64. The van der Waals surface area contributed by atoms with Crippen LogP contribution in [-0.4, -0.2) is 29.0 Å². The number of amides is 1. The van der Waals surface area contributed by atoms with Crippen LogP contribution >= 0.6 is 11.6 Å². The minimum Gasteiger partial charge on any atom is -0.459 e. The Kier molecular flexibility index (Phi) is 6.67. The number of rotatable bonds is 6. The average Bonchev–Trinajstić information content (AvgIpc) is 3.30. The molecule has 2 heterocycles. The van der Waals surface area contributed by atoms with Gasteiger partial charge in [0.25, 0.3) is 11.6 Å². The van der Waals surface area contributed by atoms with E-state index in [1.54, 1.807) is 42.5 Å². The number of nitro benzene ring substituents is 1. The normalized spacial score (nSPS) is 14.3. The van der Waals surface area contributed by atoms with Crippen molar-refractivity contribution in [2.45, 2.75) is 26.4 Å². The van der Waals surface area contributed by atoms with Crippen molar-refractivity contribution in [3.05, 3.63) is 75.0 Å². The maximum atomic E-state index is 12.9. The van der Waals surface area contributed by atoms with Gasteiger partial charge in [-0.15, -0.1) is 0 Å². The molecule has 3 aromatic rings. The van der Waals surface area contributed by atoms with Crippen LogP contribution in [0.1, 0.15) is 35.9 Å². The fourth-order valence-electron chi connectivity index (χ4n) is 3.91. The predicted molar refractivity (Wildman–Crippen MR) is 127 cm³/mol. The zero-order chi connectivity index (χ0) is 23.5. The molecule has 0 unspecified atom stereocenters. The number of nitrogens with one attached hydrogen (secondary N) is 1. The van der Waals surface area contributed by atoms with Gasteiger partial charge in [0, 0.05) is 30.3 Å². The highest BCUT2D eigenvalue weighted by Crippen LogP contribution is 2.34. The Balaban J connectivity index is 1.57. The van der Waals surface area contributed by atoms with Crippen LogP contribution in [0.15, 0.2) is 52.9 Å². The molecule has 1 aliphatic rings. The SMILES string of the molecule is CC1CCN(c2ccc(C(=O)Nc3cc(-c4ccc(CO)o4)ccc3Cl)cc2[N+](=O)[O-])CC1. The zero-order valence-electron chi connectivity index (χ0n) is 18.1. The van der Waals surface area contributed by atoms with Crippen molar-refractivity contribution in [3.8, 4) is 11.3 Å². The van der Waals surface area contributed by atoms with Crippen molar-refractivity contribution >= 4 is 34.6 Å². The first-order valence-electron chi connectivity index (χ1n) is 10.7. The second-order valence-corrected chi connectivity index (χ2v) is 8.61. The van der Waals surface area contributed by atoms with Gasteiger partial charge >= 0.3 is 0 Å². The fraction of sp³-hybridized carbons (Fsp3) is 0.292. The number of carbonyl (C=O) groups is 1. The van der Waals surface area contributed by atoms with Crippen molar-refractivity contribution in [1.29, 1.82) is 0 Å². The number of furan rings is 1. The molecule has 2 aromatic carbocycles. The minimum atomic E-state index is -0.508. The lowest BCUT2D eigenvalue weighted by Crippen LogP contribution is -2.33. The summed E-state index contributed by atoms with van der Waals surface area (Å²) in [6, 6.07) is 12.9. The van der Waals surface area contributed by atoms with Crippen LogP contribution in [0.25, 0.3) is 11.3 Å². The third-order valence-corrected chi connectivity index (χ3v) is 6.20. The molecule has 0 bridgehead atoms. The van der Waals surface area contributed by atoms with Crippen molar-refractivity contribution in [1.82, 2.24) is 0 Å². The average molecular weight is 470 g/mol. The molecule has 4 rings (SSSR count). The molecule has 0 spiro atoms. The van der Waals surface area contributed by atoms with Gasteiger partial charge in [-0.05, 0) is 61.2 Å². The van der Waals surface area contributed by atoms with E-state index in [4.69, 9.17) is 16.0 Å². The Morgan fingerprint density at radius 3 is 2.64 bits per heavy atom. The number of anilines is 2. The molecule has 1 aromatic heterocycles. The minimum absolute atomic E-state index is 0.0934. The molecule has 0 radical (unpaired) electrons. The molecular weight excluding hydrogens is 446 g/mol. The summed E-state index contributed by atoms with van der Waals surface area (Å²) in [5.74, 6) is 1.02. The summed E-state index contributed by atoms with van der Waals surface area (Å²) in [5.41, 5.74) is 1.61. The molecule has 172 valence electrons. The van der Waals surface area contributed by atoms with E-state index in [2.05, 4.69) is 12.2 Å². The van der Waals surface area contributed by atoms with Gasteiger partial charge in [0.05, 0.1) is 15.6 Å². The lowest BCUT2D eigenvalue weighted by atomic mass is 9.98. The monoisotopic (exact) mass is 469 g/mol. The molecule has 1 amide bonds. The van der Waals surface area contributed by atoms with E-state index in [0.717, 1.165) is 25.9 Å². The van der Waals surface area contributed by atoms with Crippen molar-refractivity contribution in [2.75, 3.05) is 23.3 Å². The molecular formula is C24H24ClN3O5. The number of carbonyl (C=O) groups excluding carboxylic acids is 1. The molecule has 1 aliphatic heterocycles. The lowest BCUT2D eigenvalue weighted by molar-refractivity contribution is -0.384. The van der Waals surface area contributed by atoms with Gasteiger partial charge in [0.15, 0.2) is 0 Å². The summed E-state index contributed by atoms with van der Waals surface area (Å²) in [5, 5.41) is 24.0. The van der Waals surface area contributed by atoms with Crippen LogP contribution in [0, 0.1) is 16.0 Å². The number of hydrogen-bond donors (Lipinski definition) is 2. The highest BCUT2D eigenvalue weighted by atomic mass is 35.5. The highest BCUT2D eigenvalue weighted by molar-refractivity contribution is 6.34. The molecule has 0 saturated carbocycles. The molecule has 0 aliphatic carbocycles. The smallest absolute Gasteiger partial charge is 0.293 e. The van der Waals surface area contributed by atoms with Gasteiger partial charge in [-0.3, -0.25) is 14.9 Å². The van der Waals surface area contributed by atoms with Crippen LogP contribution in [0.4, 0.5) is 17.1 Å². The van der Waals surface area contributed by atoms with Crippen LogP contribution < -0.4 is 10.2 Å². The highest BCUT2D eigenvalue weighted by Gasteiger charge is 2.25. The summed E-state index contributed by atoms with van der Waals surface area (Å²) in [4.78, 5) is 26.2. The Labute approximate surface area is 195 Å². The van der Waals surface area contributed by atoms with Crippen molar-refractivity contribution in [3.63, 3.8) is 0 Å². The Hall–Kier alpha value is -3.36. The number of nitrogens with zero attached hydrogens (tertiary/aromatic N) is 2. The molecule has 0 atom stereocenters. The van der Waals surface area contributed by atoms with Crippen LogP contribution in [0.3, 0.4) is 0 Å². The molecule has 2 N–H and O–H groups in total. The quantitative estimate of drug-likeness (QED) is 0.365. The van der Waals surface area contributed by atoms with Gasteiger partial charge in [0.2, 0.25) is 0 Å². The Bertz CT molecular complexity index is 1180. The Morgan fingerprint density at radius 2 is 1.97 bits per heavy atom. The number of halogens is 1. The number of hydrogen-bond acceptors (Lipinski definition) is 6. The first kappa shape index (κ1) is 22.8. The van der Waals surface area contributed by atoms with Gasteiger partial charge in [0.1, 0.15) is 23.8 Å². The first-order chi connectivity index (χ1) is 15.9. The number of aliphatic hydroxyl groups is 1. The van der Waals surface area contributed by atoms with Crippen molar-refractivity contribution in [2.24, 2.45) is 5.92 Å². The largest absolute Gasteiger partial charge is 0.459 e. The number of piperidine rings is 1. The van der Waals surface area contributed by atoms with Crippen LogP contribution in [-0.2, 0) is 6.61 Å². The predicted octanol–water partition coefficient (Wildman–Crippen LogP) is 5.49. The third kappa shape index (κ3) is 5.02. The molecule has 1 fully saturated rings. The third-order valence-electron chi connectivity index (χ3n) is 5.88. The number of benzene rings is 2. The first-order valence-corrected chi connectivity index (χ1v) is 11.1. The molecule has 33 heavy (non-hydrogen) atoms. The van der Waals surface area contributed by atoms with Crippen molar-refractivity contribution < 1.29 is 19.2 Å². The van der Waals surface area contributed by atoms with E-state index in [1.807, 2.05) is 4.90 Å². The molecule has 9 heteroatoms. The topological polar surface area (TPSA) is 109 Å². The van der Waals surface area contributed by atoms with E-state index in [-0.39, 0.29) is 17.9 Å². The van der Waals surface area contributed by atoms with E-state index < -0.39 is 10.8 Å².